The Morgan fingerprint density at radius 1 is 1.00 bits per heavy atom. The van der Waals surface area contributed by atoms with Gasteiger partial charge in [0.2, 0.25) is 5.91 Å². The van der Waals surface area contributed by atoms with Crippen molar-refractivity contribution in [3.8, 4) is 11.4 Å². The SMILES string of the molecule is CCC(CC)NC(=O)Cn1cc(CN2CCN(c3cccc4[nH]c(-c5ccc(C(C)(C)C)cc5)nc34)CC2)nc1C. The van der Waals surface area contributed by atoms with Gasteiger partial charge in [-0.25, -0.2) is 9.97 Å². The Hall–Kier alpha value is -3.65. The van der Waals surface area contributed by atoms with Gasteiger partial charge in [0, 0.05) is 50.5 Å². The molecule has 3 heterocycles. The number of hydrogen-bond donors (Lipinski definition) is 2. The van der Waals surface area contributed by atoms with Crippen LogP contribution in [0.1, 0.15) is 64.5 Å². The maximum atomic E-state index is 12.5. The first-order chi connectivity index (χ1) is 19.6. The van der Waals surface area contributed by atoms with Gasteiger partial charge in [-0.15, -0.1) is 0 Å². The number of nitrogens with zero attached hydrogens (tertiary/aromatic N) is 5. The number of carbonyl (C=O) groups excluding carboxylic acids is 1. The number of carbonyl (C=O) groups is 1. The number of fused-ring (bicyclic) bond motifs is 1. The third-order valence-corrected chi connectivity index (χ3v) is 8.30. The van der Waals surface area contributed by atoms with E-state index in [0.29, 0.717) is 6.54 Å². The number of piperazine rings is 1. The van der Waals surface area contributed by atoms with Crippen molar-refractivity contribution in [2.75, 3.05) is 31.1 Å². The fraction of sp³-hybridized carbons (Fsp3) is 0.485. The second kappa shape index (κ2) is 12.1. The number of anilines is 1. The van der Waals surface area contributed by atoms with Gasteiger partial charge >= 0.3 is 0 Å². The van der Waals surface area contributed by atoms with Crippen molar-refractivity contribution in [3.05, 3.63) is 65.7 Å². The molecule has 5 rings (SSSR count). The molecular weight excluding hydrogens is 510 g/mol. The number of H-pyrrole nitrogens is 1. The number of rotatable bonds is 9. The minimum Gasteiger partial charge on any atom is -0.367 e. The largest absolute Gasteiger partial charge is 0.367 e. The molecule has 0 aliphatic carbocycles. The van der Waals surface area contributed by atoms with E-state index < -0.39 is 0 Å². The first-order valence-electron chi connectivity index (χ1n) is 15.0. The summed E-state index contributed by atoms with van der Waals surface area (Å²) < 4.78 is 1.97. The van der Waals surface area contributed by atoms with Crippen LogP contribution >= 0.6 is 0 Å². The maximum Gasteiger partial charge on any atom is 0.240 e. The Kier molecular flexibility index (Phi) is 8.50. The molecule has 8 nitrogen and oxygen atoms in total. The smallest absolute Gasteiger partial charge is 0.240 e. The number of para-hydroxylation sites is 1. The van der Waals surface area contributed by atoms with Gasteiger partial charge in [0.25, 0.3) is 0 Å². The highest BCUT2D eigenvalue weighted by Crippen LogP contribution is 2.30. The molecule has 0 radical (unpaired) electrons. The van der Waals surface area contributed by atoms with E-state index in [0.717, 1.165) is 79.5 Å². The van der Waals surface area contributed by atoms with Crippen LogP contribution in [0.2, 0.25) is 0 Å². The highest BCUT2D eigenvalue weighted by Gasteiger charge is 2.22. The van der Waals surface area contributed by atoms with E-state index in [-0.39, 0.29) is 17.4 Å². The first-order valence-corrected chi connectivity index (χ1v) is 15.0. The van der Waals surface area contributed by atoms with Gasteiger partial charge in [-0.2, -0.15) is 0 Å². The Morgan fingerprint density at radius 3 is 2.37 bits per heavy atom. The molecule has 4 aromatic rings. The van der Waals surface area contributed by atoms with E-state index in [9.17, 15) is 4.79 Å². The van der Waals surface area contributed by atoms with Crippen molar-refractivity contribution in [2.45, 2.75) is 78.9 Å². The number of benzene rings is 2. The zero-order valence-corrected chi connectivity index (χ0v) is 25.5. The van der Waals surface area contributed by atoms with Crippen LogP contribution in [0.4, 0.5) is 5.69 Å². The lowest BCUT2D eigenvalue weighted by Crippen LogP contribution is -2.46. The standard InChI is InChI=1S/C33H45N7O/c1-7-26(8-2)35-30(41)22-40-21-27(34-23(40)3)20-38-16-18-39(19-17-38)29-11-9-10-28-31(29)37-32(36-28)24-12-14-25(15-13-24)33(4,5)6/h9-15,21,26H,7-8,16-20,22H2,1-6H3,(H,35,41)(H,36,37). The molecule has 2 aromatic carbocycles. The molecule has 0 bridgehead atoms. The number of aryl methyl sites for hydroxylation is 1. The van der Waals surface area contributed by atoms with Crippen LogP contribution in [0.25, 0.3) is 22.4 Å². The Morgan fingerprint density at radius 2 is 1.71 bits per heavy atom. The number of imidazole rings is 2. The Labute approximate surface area is 244 Å². The second-order valence-corrected chi connectivity index (χ2v) is 12.3. The minimum absolute atomic E-state index is 0.0528. The predicted molar refractivity (Wildman–Crippen MR) is 167 cm³/mol. The van der Waals surface area contributed by atoms with E-state index in [1.54, 1.807) is 0 Å². The first kappa shape index (κ1) is 28.9. The van der Waals surface area contributed by atoms with Crippen molar-refractivity contribution in [2.24, 2.45) is 0 Å². The molecule has 1 fully saturated rings. The zero-order valence-electron chi connectivity index (χ0n) is 25.5. The van der Waals surface area contributed by atoms with Crippen LogP contribution in [0.5, 0.6) is 0 Å². The molecule has 8 heteroatoms. The average Bonchev–Trinajstić information content (AvgIpc) is 3.54. The van der Waals surface area contributed by atoms with Crippen molar-refractivity contribution in [3.63, 3.8) is 0 Å². The highest BCUT2D eigenvalue weighted by molar-refractivity contribution is 5.91. The molecule has 0 atom stereocenters. The van der Waals surface area contributed by atoms with Gasteiger partial charge in [0.05, 0.1) is 16.9 Å². The summed E-state index contributed by atoms with van der Waals surface area (Å²) in [5.74, 6) is 1.84. The van der Waals surface area contributed by atoms with Gasteiger partial charge in [-0.1, -0.05) is 65.0 Å². The number of amides is 1. The summed E-state index contributed by atoms with van der Waals surface area (Å²) in [6.45, 7) is 17.8. The van der Waals surface area contributed by atoms with Crippen LogP contribution < -0.4 is 10.2 Å². The third kappa shape index (κ3) is 6.64. The number of aromatic amines is 1. The Bertz CT molecular complexity index is 1470. The lowest BCUT2D eigenvalue weighted by Gasteiger charge is -2.35. The van der Waals surface area contributed by atoms with E-state index >= 15 is 0 Å². The van der Waals surface area contributed by atoms with Crippen molar-refractivity contribution >= 4 is 22.6 Å². The van der Waals surface area contributed by atoms with Gasteiger partial charge in [-0.05, 0) is 42.9 Å². The molecule has 41 heavy (non-hydrogen) atoms. The van der Waals surface area contributed by atoms with Crippen LogP contribution in [0, 0.1) is 6.92 Å². The van der Waals surface area contributed by atoms with E-state index in [1.807, 2.05) is 17.7 Å². The highest BCUT2D eigenvalue weighted by atomic mass is 16.2. The van der Waals surface area contributed by atoms with Crippen molar-refractivity contribution < 1.29 is 4.79 Å². The van der Waals surface area contributed by atoms with Crippen LogP contribution in [-0.2, 0) is 23.3 Å². The average molecular weight is 556 g/mol. The summed E-state index contributed by atoms with van der Waals surface area (Å²) in [5, 5.41) is 3.12. The molecule has 1 saturated heterocycles. The summed E-state index contributed by atoms with van der Waals surface area (Å²) in [6, 6.07) is 15.4. The molecule has 0 spiro atoms. The molecule has 2 aromatic heterocycles. The lowest BCUT2D eigenvalue weighted by molar-refractivity contribution is -0.122. The fourth-order valence-corrected chi connectivity index (χ4v) is 5.64. The predicted octanol–water partition coefficient (Wildman–Crippen LogP) is 5.66. The molecular formula is C33H45N7O. The number of hydrogen-bond acceptors (Lipinski definition) is 5. The summed E-state index contributed by atoms with van der Waals surface area (Å²) >= 11 is 0. The summed E-state index contributed by atoms with van der Waals surface area (Å²) in [6.07, 6.45) is 3.93. The van der Waals surface area contributed by atoms with Gasteiger partial charge < -0.3 is 19.8 Å². The second-order valence-electron chi connectivity index (χ2n) is 12.3. The normalized spacial score (nSPS) is 14.8. The Balaban J connectivity index is 1.21. The van der Waals surface area contributed by atoms with E-state index in [1.165, 1.54) is 11.3 Å². The van der Waals surface area contributed by atoms with Crippen LogP contribution in [-0.4, -0.2) is 62.5 Å². The molecule has 2 N–H and O–H groups in total. The molecule has 1 aliphatic heterocycles. The topological polar surface area (TPSA) is 82.1 Å². The minimum atomic E-state index is 0.0528. The number of nitrogens with one attached hydrogen (secondary N) is 2. The molecule has 1 amide bonds. The maximum absolute atomic E-state index is 12.5. The lowest BCUT2D eigenvalue weighted by atomic mass is 9.87. The van der Waals surface area contributed by atoms with Gasteiger partial charge in [-0.3, -0.25) is 9.69 Å². The summed E-state index contributed by atoms with van der Waals surface area (Å²) in [7, 11) is 0. The van der Waals surface area contributed by atoms with Gasteiger partial charge in [0.1, 0.15) is 23.7 Å². The van der Waals surface area contributed by atoms with Crippen LogP contribution in [0.15, 0.2) is 48.7 Å². The molecule has 0 saturated carbocycles. The molecule has 218 valence electrons. The molecule has 0 unspecified atom stereocenters. The quantitative estimate of drug-likeness (QED) is 0.279. The monoisotopic (exact) mass is 555 g/mol. The van der Waals surface area contributed by atoms with E-state index in [4.69, 9.17) is 9.97 Å². The van der Waals surface area contributed by atoms with Crippen molar-refractivity contribution in [1.29, 1.82) is 0 Å². The van der Waals surface area contributed by atoms with Gasteiger partial charge in [0.15, 0.2) is 0 Å². The van der Waals surface area contributed by atoms with E-state index in [2.05, 4.69) is 97.2 Å². The van der Waals surface area contributed by atoms with Crippen LogP contribution in [0.3, 0.4) is 0 Å². The summed E-state index contributed by atoms with van der Waals surface area (Å²) in [4.78, 5) is 30.7. The molecule has 1 aliphatic rings. The number of aromatic nitrogens is 4. The zero-order chi connectivity index (χ0) is 29.1. The fourth-order valence-electron chi connectivity index (χ4n) is 5.64. The van der Waals surface area contributed by atoms with Crippen molar-refractivity contribution in [1.82, 2.24) is 29.7 Å². The third-order valence-electron chi connectivity index (χ3n) is 8.30. The summed E-state index contributed by atoms with van der Waals surface area (Å²) in [5.41, 5.74) is 6.84.